The Labute approximate surface area is 138 Å². The zero-order valence-corrected chi connectivity index (χ0v) is 14.6. The molecule has 1 aliphatic carbocycles. The molecule has 0 atom stereocenters. The average Bonchev–Trinajstić information content (AvgIpc) is 2.78. The first-order chi connectivity index (χ1) is 10.1. The summed E-state index contributed by atoms with van der Waals surface area (Å²) in [7, 11) is 5.28. The fourth-order valence-corrected chi connectivity index (χ4v) is 3.15. The Morgan fingerprint density at radius 2 is 2.00 bits per heavy atom. The van der Waals surface area contributed by atoms with Crippen LogP contribution in [-0.4, -0.2) is 35.9 Å². The molecular formula is C15H27ClN4O2. The third-order valence-corrected chi connectivity index (χ3v) is 4.39. The van der Waals surface area contributed by atoms with Gasteiger partial charge in [0.2, 0.25) is 11.8 Å². The molecule has 0 spiro atoms. The van der Waals surface area contributed by atoms with Crippen LogP contribution >= 0.6 is 12.4 Å². The maximum absolute atomic E-state index is 11.6. The molecule has 1 heterocycles. The molecular weight excluding hydrogens is 304 g/mol. The molecule has 0 aliphatic heterocycles. The van der Waals surface area contributed by atoms with Crippen molar-refractivity contribution in [1.82, 2.24) is 20.4 Å². The smallest absolute Gasteiger partial charge is 0.222 e. The van der Waals surface area contributed by atoms with Crippen LogP contribution in [0.3, 0.4) is 0 Å². The minimum atomic E-state index is 0. The van der Waals surface area contributed by atoms with Crippen LogP contribution in [0.15, 0.2) is 0 Å². The van der Waals surface area contributed by atoms with Gasteiger partial charge in [-0.15, -0.1) is 12.4 Å². The molecule has 2 rings (SSSR count). The van der Waals surface area contributed by atoms with Crippen LogP contribution in [0.2, 0.25) is 0 Å². The molecule has 0 unspecified atom stereocenters. The third kappa shape index (κ3) is 4.14. The Balaban J connectivity index is 0.00000242. The van der Waals surface area contributed by atoms with E-state index in [1.807, 2.05) is 14.0 Å². The summed E-state index contributed by atoms with van der Waals surface area (Å²) >= 11 is 0. The van der Waals surface area contributed by atoms with E-state index in [4.69, 9.17) is 4.74 Å². The number of amides is 1. The van der Waals surface area contributed by atoms with Gasteiger partial charge in [-0.25, -0.2) is 4.68 Å². The molecule has 1 fully saturated rings. The van der Waals surface area contributed by atoms with Gasteiger partial charge in [-0.05, 0) is 32.6 Å². The first-order valence-electron chi connectivity index (χ1n) is 7.58. The van der Waals surface area contributed by atoms with Gasteiger partial charge < -0.3 is 15.4 Å². The number of nitrogens with one attached hydrogen (secondary N) is 2. The lowest BCUT2D eigenvalue weighted by Gasteiger charge is -2.28. The average molecular weight is 331 g/mol. The number of aryl methyl sites for hydroxylation is 2. The molecule has 1 aromatic heterocycles. The van der Waals surface area contributed by atoms with Gasteiger partial charge in [-0.1, -0.05) is 0 Å². The summed E-state index contributed by atoms with van der Waals surface area (Å²) in [5, 5.41) is 10.7. The van der Waals surface area contributed by atoms with Crippen molar-refractivity contribution in [1.29, 1.82) is 0 Å². The summed E-state index contributed by atoms with van der Waals surface area (Å²) in [6.45, 7) is 2.76. The molecule has 0 bridgehead atoms. The highest BCUT2D eigenvalue weighted by Gasteiger charge is 2.25. The van der Waals surface area contributed by atoms with Gasteiger partial charge in [0.05, 0.1) is 18.4 Å². The van der Waals surface area contributed by atoms with Gasteiger partial charge in [0.1, 0.15) is 0 Å². The lowest BCUT2D eigenvalue weighted by atomic mass is 9.85. The van der Waals surface area contributed by atoms with Gasteiger partial charge in [-0.3, -0.25) is 4.79 Å². The minimum Gasteiger partial charge on any atom is -0.481 e. The van der Waals surface area contributed by atoms with Gasteiger partial charge >= 0.3 is 0 Å². The van der Waals surface area contributed by atoms with Crippen molar-refractivity contribution >= 4 is 18.3 Å². The number of ether oxygens (including phenoxy) is 1. The zero-order chi connectivity index (χ0) is 15.4. The normalized spacial score (nSPS) is 21.1. The van der Waals surface area contributed by atoms with E-state index in [-0.39, 0.29) is 24.2 Å². The molecule has 0 aromatic carbocycles. The summed E-state index contributed by atoms with van der Waals surface area (Å²) in [4.78, 5) is 11.6. The van der Waals surface area contributed by atoms with Crippen LogP contribution in [-0.2, 0) is 18.4 Å². The Bertz CT molecular complexity index is 496. The highest BCUT2D eigenvalue weighted by atomic mass is 35.5. The molecule has 126 valence electrons. The van der Waals surface area contributed by atoms with E-state index in [2.05, 4.69) is 15.7 Å². The Morgan fingerprint density at radius 1 is 1.36 bits per heavy atom. The Morgan fingerprint density at radius 3 is 2.55 bits per heavy atom. The molecule has 1 aliphatic rings. The van der Waals surface area contributed by atoms with Gasteiger partial charge in [0.15, 0.2) is 0 Å². The van der Waals surface area contributed by atoms with E-state index >= 15 is 0 Å². The number of aromatic nitrogens is 2. The number of rotatable bonds is 5. The second-order valence-corrected chi connectivity index (χ2v) is 5.74. The molecule has 1 saturated carbocycles. The van der Waals surface area contributed by atoms with Crippen LogP contribution < -0.4 is 15.4 Å². The van der Waals surface area contributed by atoms with Crippen molar-refractivity contribution in [2.45, 2.75) is 45.2 Å². The van der Waals surface area contributed by atoms with E-state index < -0.39 is 0 Å². The van der Waals surface area contributed by atoms with Crippen molar-refractivity contribution in [3.05, 3.63) is 11.3 Å². The zero-order valence-electron chi connectivity index (χ0n) is 13.8. The molecule has 6 nitrogen and oxygen atoms in total. The molecule has 7 heteroatoms. The fraction of sp³-hybridized carbons (Fsp3) is 0.733. The number of methoxy groups -OCH3 is 1. The number of hydrogen-bond acceptors (Lipinski definition) is 4. The molecule has 1 aromatic rings. The van der Waals surface area contributed by atoms with Crippen molar-refractivity contribution in [2.24, 2.45) is 13.0 Å². The Kier molecular flexibility index (Phi) is 7.16. The van der Waals surface area contributed by atoms with E-state index in [1.165, 1.54) is 0 Å². The summed E-state index contributed by atoms with van der Waals surface area (Å²) in [5.74, 6) is 1.18. The molecule has 0 saturated heterocycles. The first kappa shape index (κ1) is 18.8. The van der Waals surface area contributed by atoms with Gasteiger partial charge in [0.25, 0.3) is 0 Å². The van der Waals surface area contributed by atoms with Crippen molar-refractivity contribution in [3.8, 4) is 5.88 Å². The van der Waals surface area contributed by atoms with Crippen molar-refractivity contribution in [2.75, 3.05) is 14.2 Å². The van der Waals surface area contributed by atoms with E-state index in [1.54, 1.807) is 18.8 Å². The monoisotopic (exact) mass is 330 g/mol. The number of carbonyl (C=O) groups is 1. The summed E-state index contributed by atoms with van der Waals surface area (Å²) in [6.07, 6.45) is 4.00. The summed E-state index contributed by atoms with van der Waals surface area (Å²) in [6, 6.07) is 0.468. The minimum absolute atomic E-state index is 0. The number of nitrogens with zero attached hydrogens (tertiary/aromatic N) is 2. The van der Waals surface area contributed by atoms with Crippen LogP contribution in [0.25, 0.3) is 0 Å². The van der Waals surface area contributed by atoms with Crippen LogP contribution in [0.4, 0.5) is 0 Å². The lowest BCUT2D eigenvalue weighted by molar-refractivity contribution is -0.125. The van der Waals surface area contributed by atoms with E-state index in [0.717, 1.165) is 49.4 Å². The second kappa shape index (κ2) is 8.39. The highest BCUT2D eigenvalue weighted by Crippen LogP contribution is 2.26. The molecule has 22 heavy (non-hydrogen) atoms. The largest absolute Gasteiger partial charge is 0.481 e. The van der Waals surface area contributed by atoms with Crippen molar-refractivity contribution in [3.63, 3.8) is 0 Å². The van der Waals surface area contributed by atoms with Crippen LogP contribution in [0.5, 0.6) is 5.88 Å². The lowest BCUT2D eigenvalue weighted by Crippen LogP contribution is -2.37. The summed E-state index contributed by atoms with van der Waals surface area (Å²) < 4.78 is 7.18. The molecule has 1 amide bonds. The number of halogens is 1. The third-order valence-electron chi connectivity index (χ3n) is 4.39. The topological polar surface area (TPSA) is 68.2 Å². The first-order valence-corrected chi connectivity index (χ1v) is 7.58. The Hall–Kier alpha value is -1.27. The fourth-order valence-electron chi connectivity index (χ4n) is 3.15. The van der Waals surface area contributed by atoms with E-state index in [0.29, 0.717) is 6.04 Å². The number of hydrogen-bond donors (Lipinski definition) is 2. The maximum atomic E-state index is 11.6. The summed E-state index contributed by atoms with van der Waals surface area (Å²) in [5.41, 5.74) is 2.12. The van der Waals surface area contributed by atoms with Crippen molar-refractivity contribution < 1.29 is 9.53 Å². The predicted molar refractivity (Wildman–Crippen MR) is 88.4 cm³/mol. The standard InChI is InChI=1S/C15H26N4O2.ClH/c1-10-13(15(21-4)19(3)18-10)9-17-12-7-5-11(6-8-12)14(20)16-2;/h11-12,17H,5-9H2,1-4H3,(H,16,20);1H. The quantitative estimate of drug-likeness (QED) is 0.859. The molecule has 0 radical (unpaired) electrons. The SMILES string of the molecule is CNC(=O)C1CCC(NCc2c(C)nn(C)c2OC)CC1.Cl. The second-order valence-electron chi connectivity index (χ2n) is 5.74. The maximum Gasteiger partial charge on any atom is 0.222 e. The van der Waals surface area contributed by atoms with Crippen LogP contribution in [0.1, 0.15) is 36.9 Å². The van der Waals surface area contributed by atoms with Gasteiger partial charge in [0, 0.05) is 32.6 Å². The number of carbonyl (C=O) groups excluding carboxylic acids is 1. The molecule has 2 N–H and O–H groups in total. The predicted octanol–water partition coefficient (Wildman–Crippen LogP) is 1.55. The van der Waals surface area contributed by atoms with E-state index in [9.17, 15) is 4.79 Å². The van der Waals surface area contributed by atoms with Gasteiger partial charge in [-0.2, -0.15) is 5.10 Å². The highest BCUT2D eigenvalue weighted by molar-refractivity contribution is 5.85. The van der Waals surface area contributed by atoms with Crippen LogP contribution in [0, 0.1) is 12.8 Å².